The molecule has 146 valence electrons. The van der Waals surface area contributed by atoms with Gasteiger partial charge in [-0.1, -0.05) is 36.4 Å². The molecule has 3 rings (SSSR count). The van der Waals surface area contributed by atoms with E-state index in [2.05, 4.69) is 69.0 Å². The molecule has 3 nitrogen and oxygen atoms in total. The normalized spacial score (nSPS) is 32.3. The second kappa shape index (κ2) is 8.35. The van der Waals surface area contributed by atoms with Crippen LogP contribution in [0.25, 0.3) is 0 Å². The minimum Gasteiger partial charge on any atom is -0.493 e. The van der Waals surface area contributed by atoms with Crippen LogP contribution in [0.5, 0.6) is 0 Å². The zero-order valence-electron chi connectivity index (χ0n) is 17.3. The number of ether oxygens (including phenoxy) is 1. The summed E-state index contributed by atoms with van der Waals surface area (Å²) in [5.41, 5.74) is 11.8. The topological polar surface area (TPSA) is 38.5 Å². The predicted octanol–water partition coefficient (Wildman–Crippen LogP) is 5.13. The molecule has 1 fully saturated rings. The van der Waals surface area contributed by atoms with Crippen LogP contribution in [0.15, 0.2) is 65.1 Å². The van der Waals surface area contributed by atoms with Gasteiger partial charge in [0.15, 0.2) is 0 Å². The third-order valence-electron chi connectivity index (χ3n) is 6.20. The molecule has 27 heavy (non-hydrogen) atoms. The smallest absolute Gasteiger partial charge is 0.121 e. The van der Waals surface area contributed by atoms with Gasteiger partial charge in [-0.3, -0.25) is 4.90 Å². The average molecular weight is 367 g/mol. The number of hydrogen-bond acceptors (Lipinski definition) is 3. The molecule has 0 spiro atoms. The number of nitrogens with zero attached hydrogens (tertiary/aromatic N) is 1. The third-order valence-corrected chi connectivity index (χ3v) is 6.20. The number of benzene rings is 1. The molecular weight excluding hydrogens is 332 g/mol. The number of hydrogen-bond donors (Lipinski definition) is 1. The highest BCUT2D eigenvalue weighted by atomic mass is 16.5. The number of piperidine rings is 1. The lowest BCUT2D eigenvalue weighted by molar-refractivity contribution is 0.000315. The van der Waals surface area contributed by atoms with Crippen molar-refractivity contribution in [2.75, 3.05) is 19.6 Å². The van der Waals surface area contributed by atoms with E-state index in [0.29, 0.717) is 5.92 Å². The molecular formula is C24H34N2O. The first-order valence-electron chi connectivity index (χ1n) is 10.1. The van der Waals surface area contributed by atoms with Crippen LogP contribution in [0, 0.1) is 0 Å². The second-order valence-electron chi connectivity index (χ2n) is 8.46. The van der Waals surface area contributed by atoms with Crippen molar-refractivity contribution in [3.05, 3.63) is 70.6 Å². The summed E-state index contributed by atoms with van der Waals surface area (Å²) < 4.78 is 6.31. The van der Waals surface area contributed by atoms with E-state index in [4.69, 9.17) is 10.5 Å². The van der Waals surface area contributed by atoms with Gasteiger partial charge < -0.3 is 10.5 Å². The van der Waals surface area contributed by atoms with Crippen molar-refractivity contribution in [3.63, 3.8) is 0 Å². The highest BCUT2D eigenvalue weighted by Gasteiger charge is 2.30. The highest BCUT2D eigenvalue weighted by molar-refractivity contribution is 5.40. The molecule has 1 aromatic rings. The Kier molecular flexibility index (Phi) is 6.11. The number of rotatable bonds is 3. The Labute approximate surface area is 164 Å². The number of allylic oxidation sites excluding steroid dienone is 3. The minimum absolute atomic E-state index is 0.229. The molecule has 2 aliphatic rings. The standard InChI is InChI=1S/C24H34N2O/c1-18-10-13-24(4,27-16-19(2)20(3)23(18)25)17-26-14-11-22(12-15-26)21-8-6-5-7-9-21/h5-10,16,22H,11-15,17,25H2,1-4H3/b18-10+,19-16+,23-20+. The molecule has 1 saturated heterocycles. The molecule has 0 aromatic heterocycles. The fourth-order valence-electron chi connectivity index (χ4n) is 4.08. The van der Waals surface area contributed by atoms with Gasteiger partial charge in [-0.2, -0.15) is 0 Å². The first kappa shape index (κ1) is 19.8. The van der Waals surface area contributed by atoms with Crippen LogP contribution in [0.4, 0.5) is 0 Å². The summed E-state index contributed by atoms with van der Waals surface area (Å²) in [4.78, 5) is 2.56. The van der Waals surface area contributed by atoms with Gasteiger partial charge in [0.25, 0.3) is 0 Å². The molecule has 2 N–H and O–H groups in total. The molecule has 3 heteroatoms. The average Bonchev–Trinajstić information content (AvgIpc) is 2.72. The van der Waals surface area contributed by atoms with Crippen LogP contribution in [0.3, 0.4) is 0 Å². The molecule has 0 amide bonds. The van der Waals surface area contributed by atoms with E-state index in [1.54, 1.807) is 0 Å². The zero-order valence-corrected chi connectivity index (χ0v) is 17.3. The van der Waals surface area contributed by atoms with Crippen LogP contribution < -0.4 is 5.73 Å². The molecule has 1 atom stereocenters. The SMILES string of the molecule is CC1=C\OC(C)(CN2CCC(c3ccccc3)CC2)C/C=C(C)/C(N)=C\1C. The van der Waals surface area contributed by atoms with Crippen molar-refractivity contribution in [2.24, 2.45) is 5.73 Å². The monoisotopic (exact) mass is 366 g/mol. The van der Waals surface area contributed by atoms with Crippen molar-refractivity contribution in [1.29, 1.82) is 0 Å². The Bertz CT molecular complexity index is 707. The summed E-state index contributed by atoms with van der Waals surface area (Å²) in [6, 6.07) is 10.9. The van der Waals surface area contributed by atoms with Gasteiger partial charge in [0, 0.05) is 18.7 Å². The largest absolute Gasteiger partial charge is 0.493 e. The fourth-order valence-corrected chi connectivity index (χ4v) is 4.08. The molecule has 1 aromatic carbocycles. The summed E-state index contributed by atoms with van der Waals surface area (Å²) >= 11 is 0. The Morgan fingerprint density at radius 2 is 1.74 bits per heavy atom. The maximum atomic E-state index is 6.31. The van der Waals surface area contributed by atoms with E-state index in [9.17, 15) is 0 Å². The minimum atomic E-state index is -0.229. The van der Waals surface area contributed by atoms with E-state index in [-0.39, 0.29) is 5.60 Å². The van der Waals surface area contributed by atoms with Gasteiger partial charge in [-0.05, 0) is 81.8 Å². The van der Waals surface area contributed by atoms with Gasteiger partial charge in [0.2, 0.25) is 0 Å². The first-order chi connectivity index (χ1) is 12.9. The predicted molar refractivity (Wildman–Crippen MR) is 113 cm³/mol. The summed E-state index contributed by atoms with van der Waals surface area (Å²) in [5.74, 6) is 0.688. The van der Waals surface area contributed by atoms with Crippen molar-refractivity contribution in [1.82, 2.24) is 4.90 Å². The molecule has 1 unspecified atom stereocenters. The second-order valence-corrected chi connectivity index (χ2v) is 8.46. The zero-order chi connectivity index (χ0) is 19.4. The van der Waals surface area contributed by atoms with Crippen LogP contribution in [0.2, 0.25) is 0 Å². The van der Waals surface area contributed by atoms with E-state index in [1.165, 1.54) is 18.4 Å². The highest BCUT2D eigenvalue weighted by Crippen LogP contribution is 2.31. The van der Waals surface area contributed by atoms with E-state index in [0.717, 1.165) is 48.5 Å². The lowest BCUT2D eigenvalue weighted by Crippen LogP contribution is -2.45. The Morgan fingerprint density at radius 1 is 1.07 bits per heavy atom. The number of nitrogens with two attached hydrogens (primary N) is 1. The van der Waals surface area contributed by atoms with Crippen LogP contribution in [-0.4, -0.2) is 30.1 Å². The molecule has 0 bridgehead atoms. The van der Waals surface area contributed by atoms with Crippen molar-refractivity contribution in [2.45, 2.75) is 58.5 Å². The molecule has 0 saturated carbocycles. The van der Waals surface area contributed by atoms with Gasteiger partial charge in [-0.15, -0.1) is 0 Å². The lowest BCUT2D eigenvalue weighted by atomic mass is 9.88. The van der Waals surface area contributed by atoms with E-state index < -0.39 is 0 Å². The van der Waals surface area contributed by atoms with Crippen molar-refractivity contribution in [3.8, 4) is 0 Å². The first-order valence-corrected chi connectivity index (χ1v) is 10.1. The lowest BCUT2D eigenvalue weighted by Gasteiger charge is -2.38. The third kappa shape index (κ3) is 4.84. The van der Waals surface area contributed by atoms with Gasteiger partial charge in [-0.25, -0.2) is 0 Å². The molecule has 2 heterocycles. The molecule has 2 aliphatic heterocycles. The molecule has 0 aliphatic carbocycles. The van der Waals surface area contributed by atoms with Crippen LogP contribution in [0.1, 0.15) is 58.4 Å². The van der Waals surface area contributed by atoms with Crippen LogP contribution in [-0.2, 0) is 4.74 Å². The fraction of sp³-hybridized carbons (Fsp3) is 0.500. The summed E-state index contributed by atoms with van der Waals surface area (Å²) in [7, 11) is 0. The Balaban J connectivity index is 1.65. The van der Waals surface area contributed by atoms with Crippen molar-refractivity contribution >= 4 is 0 Å². The maximum Gasteiger partial charge on any atom is 0.121 e. The Morgan fingerprint density at radius 3 is 2.41 bits per heavy atom. The van der Waals surface area contributed by atoms with Crippen molar-refractivity contribution < 1.29 is 4.74 Å². The number of likely N-dealkylation sites (tertiary alicyclic amines) is 1. The maximum absolute atomic E-state index is 6.31. The Hall–Kier alpha value is -2.00. The summed E-state index contributed by atoms with van der Waals surface area (Å²) in [6.07, 6.45) is 7.46. The molecule has 0 radical (unpaired) electrons. The van der Waals surface area contributed by atoms with E-state index >= 15 is 0 Å². The summed E-state index contributed by atoms with van der Waals surface area (Å²) in [5, 5.41) is 0. The van der Waals surface area contributed by atoms with Gasteiger partial charge in [0.1, 0.15) is 5.60 Å². The van der Waals surface area contributed by atoms with Gasteiger partial charge in [0.05, 0.1) is 6.26 Å². The quantitative estimate of drug-likeness (QED) is 0.806. The van der Waals surface area contributed by atoms with E-state index in [1.807, 2.05) is 6.26 Å². The van der Waals surface area contributed by atoms with Gasteiger partial charge >= 0.3 is 0 Å². The summed E-state index contributed by atoms with van der Waals surface area (Å²) in [6.45, 7) is 11.7. The van der Waals surface area contributed by atoms with Crippen LogP contribution >= 0.6 is 0 Å².